The molecule has 3 heterocycles. The fourth-order valence-corrected chi connectivity index (χ4v) is 6.33. The van der Waals surface area contributed by atoms with Crippen LogP contribution in [-0.4, -0.2) is 85.7 Å². The monoisotopic (exact) mass is 633 g/mol. The summed E-state index contributed by atoms with van der Waals surface area (Å²) in [5, 5.41) is 0.616. The first kappa shape index (κ1) is 32.1. The summed E-state index contributed by atoms with van der Waals surface area (Å²) in [6.07, 6.45) is 1.02. The van der Waals surface area contributed by atoms with E-state index in [1.807, 2.05) is 49.6 Å². The zero-order valence-electron chi connectivity index (χ0n) is 26.1. The van der Waals surface area contributed by atoms with Gasteiger partial charge >= 0.3 is 6.09 Å². The lowest BCUT2D eigenvalue weighted by molar-refractivity contribution is -0.137. The number of nitrogens with one attached hydrogen (secondary N) is 1. The smallest absolute Gasteiger partial charge is 0.410 e. The van der Waals surface area contributed by atoms with Crippen LogP contribution in [0.4, 0.5) is 25.3 Å². The van der Waals surface area contributed by atoms with Crippen LogP contribution >= 0.6 is 11.6 Å². The van der Waals surface area contributed by atoms with Crippen molar-refractivity contribution in [2.24, 2.45) is 11.8 Å². The topological polar surface area (TPSA) is 118 Å². The predicted octanol–water partition coefficient (Wildman–Crippen LogP) is 5.32. The first-order chi connectivity index (χ1) is 20.7. The summed E-state index contributed by atoms with van der Waals surface area (Å²) in [6.45, 7) is 11.7. The Balaban J connectivity index is 1.38. The molecule has 2 fully saturated rings. The number of carbonyl (C=O) groups excluding carboxylic acids is 1. The summed E-state index contributed by atoms with van der Waals surface area (Å²) < 4.78 is 35.5. The minimum atomic E-state index is -2.62. The molecule has 1 amide bonds. The van der Waals surface area contributed by atoms with Crippen molar-refractivity contribution in [1.82, 2.24) is 29.3 Å². The van der Waals surface area contributed by atoms with Crippen LogP contribution in [0.3, 0.4) is 0 Å². The molecule has 3 aromatic rings. The van der Waals surface area contributed by atoms with Gasteiger partial charge in [0.05, 0.1) is 6.33 Å². The Morgan fingerprint density at radius 2 is 1.86 bits per heavy atom. The van der Waals surface area contributed by atoms with E-state index in [9.17, 15) is 13.6 Å². The molecule has 0 spiro atoms. The van der Waals surface area contributed by atoms with Gasteiger partial charge in [-0.2, -0.15) is 9.97 Å². The van der Waals surface area contributed by atoms with Gasteiger partial charge in [-0.3, -0.25) is 10.3 Å². The van der Waals surface area contributed by atoms with E-state index in [1.165, 1.54) is 4.90 Å². The number of hydrogen-bond acceptors (Lipinski definition) is 9. The average molecular weight is 634 g/mol. The number of aromatic nitrogens is 4. The second-order valence-electron chi connectivity index (χ2n) is 13.1. The maximum absolute atomic E-state index is 14.1. The van der Waals surface area contributed by atoms with E-state index in [2.05, 4.69) is 39.0 Å². The molecule has 2 aromatic heterocycles. The molecule has 14 heteroatoms. The van der Waals surface area contributed by atoms with Gasteiger partial charge in [0.25, 0.3) is 0 Å². The van der Waals surface area contributed by atoms with Crippen molar-refractivity contribution < 1.29 is 18.3 Å². The number of carbonyl (C=O) groups is 1. The highest BCUT2D eigenvalue weighted by Crippen LogP contribution is 2.51. The first-order valence-corrected chi connectivity index (χ1v) is 15.3. The van der Waals surface area contributed by atoms with Crippen molar-refractivity contribution in [1.29, 1.82) is 0 Å². The van der Waals surface area contributed by atoms with Crippen LogP contribution in [0.1, 0.15) is 59.1 Å². The number of rotatable bonds is 8. The molecule has 1 aromatic carbocycles. The number of likely N-dealkylation sites (N-methyl/N-ethyl adjacent to an activating group) is 1. The fraction of sp³-hybridized carbons (Fsp3) is 0.600. The average Bonchev–Trinajstić information content (AvgIpc) is 3.35. The SMILES string of the molecule is C[C@@H]1CN(c2nc(NN)nc3c2ncn3CCN(C)C(=O)OC(C)(C)C)[C@@H](C)CN1C(c1ccc(Cl)cc1)C1CC(F)(F)C1. The molecule has 5 rings (SSSR count). The van der Waals surface area contributed by atoms with Crippen molar-refractivity contribution >= 4 is 40.6 Å². The Morgan fingerprint density at radius 3 is 2.48 bits per heavy atom. The van der Waals surface area contributed by atoms with Gasteiger partial charge in [-0.25, -0.2) is 24.4 Å². The van der Waals surface area contributed by atoms with E-state index in [0.29, 0.717) is 48.2 Å². The highest BCUT2D eigenvalue weighted by atomic mass is 35.5. The number of ether oxygens (including phenoxy) is 1. The zero-order chi connectivity index (χ0) is 32.0. The lowest BCUT2D eigenvalue weighted by atomic mass is 9.73. The number of hydrogen-bond donors (Lipinski definition) is 2. The molecular formula is C30H42ClF2N9O2. The van der Waals surface area contributed by atoms with Gasteiger partial charge in [0.1, 0.15) is 5.60 Å². The number of anilines is 2. The Bertz CT molecular complexity index is 1470. The van der Waals surface area contributed by atoms with Crippen molar-refractivity contribution in [2.75, 3.05) is 37.0 Å². The summed E-state index contributed by atoms with van der Waals surface area (Å²) in [5.41, 5.74) is 4.18. The molecule has 0 radical (unpaired) electrons. The third kappa shape index (κ3) is 6.84. The second-order valence-corrected chi connectivity index (χ2v) is 13.5. The van der Waals surface area contributed by atoms with Crippen LogP contribution in [0.5, 0.6) is 0 Å². The summed E-state index contributed by atoms with van der Waals surface area (Å²) in [5.74, 6) is 3.89. The van der Waals surface area contributed by atoms with E-state index < -0.39 is 17.6 Å². The molecule has 1 saturated carbocycles. The normalized spacial score (nSPS) is 21.6. The van der Waals surface area contributed by atoms with Crippen LogP contribution in [0, 0.1) is 5.92 Å². The van der Waals surface area contributed by atoms with E-state index in [-0.39, 0.29) is 42.8 Å². The third-order valence-electron chi connectivity index (χ3n) is 8.40. The number of benzene rings is 1. The highest BCUT2D eigenvalue weighted by Gasteiger charge is 2.51. The lowest BCUT2D eigenvalue weighted by Gasteiger charge is -2.52. The number of amides is 1. The van der Waals surface area contributed by atoms with E-state index >= 15 is 0 Å². The predicted molar refractivity (Wildman–Crippen MR) is 167 cm³/mol. The number of nitrogens with two attached hydrogens (primary N) is 1. The Morgan fingerprint density at radius 1 is 1.18 bits per heavy atom. The van der Waals surface area contributed by atoms with Crippen LogP contribution in [0.25, 0.3) is 11.2 Å². The summed E-state index contributed by atoms with van der Waals surface area (Å²) >= 11 is 6.16. The molecule has 2 aliphatic rings. The molecule has 3 atom stereocenters. The number of hydrazine groups is 1. The number of piperazine rings is 1. The molecule has 3 N–H and O–H groups in total. The molecule has 1 saturated heterocycles. The molecule has 0 bridgehead atoms. The third-order valence-corrected chi connectivity index (χ3v) is 8.65. The number of alkyl halides is 2. The van der Waals surface area contributed by atoms with Crippen LogP contribution in [-0.2, 0) is 11.3 Å². The van der Waals surface area contributed by atoms with Gasteiger partial charge in [-0.1, -0.05) is 23.7 Å². The number of nitrogen functional groups attached to an aromatic ring is 1. The molecule has 1 aliphatic carbocycles. The summed E-state index contributed by atoms with van der Waals surface area (Å²) in [7, 11) is 1.69. The van der Waals surface area contributed by atoms with Crippen LogP contribution in [0.15, 0.2) is 30.6 Å². The van der Waals surface area contributed by atoms with E-state index in [0.717, 1.165) is 5.56 Å². The van der Waals surface area contributed by atoms with Gasteiger partial charge in [-0.05, 0) is 58.2 Å². The maximum atomic E-state index is 14.1. The van der Waals surface area contributed by atoms with Gasteiger partial charge in [-0.15, -0.1) is 0 Å². The fourth-order valence-electron chi connectivity index (χ4n) is 6.21. The van der Waals surface area contributed by atoms with E-state index in [1.54, 1.807) is 13.4 Å². The first-order valence-electron chi connectivity index (χ1n) is 14.9. The van der Waals surface area contributed by atoms with Crippen LogP contribution in [0.2, 0.25) is 5.02 Å². The number of imidazole rings is 1. The molecule has 11 nitrogen and oxygen atoms in total. The van der Waals surface area contributed by atoms with Gasteiger partial charge in [0.2, 0.25) is 11.9 Å². The van der Waals surface area contributed by atoms with Crippen molar-refractivity contribution in [2.45, 2.75) is 83.7 Å². The standard InChI is InChI=1S/C30H42ClF2N9O2/c1-18-16-42(19(2)15-41(18)24(21-13-30(32,33)14-21)20-7-9-22(31)10-8-20)26-23-25(36-27(37-26)38-34)40(17-35-23)12-11-39(6)28(43)44-29(3,4)5/h7-10,17-19,21,24H,11-16,34H2,1-6H3,(H,36,37,38)/t18-,19+,24?/m1/s1. The maximum Gasteiger partial charge on any atom is 0.410 e. The second kappa shape index (κ2) is 12.2. The molecule has 1 aliphatic heterocycles. The summed E-state index contributed by atoms with van der Waals surface area (Å²) in [6, 6.07) is 7.40. The van der Waals surface area contributed by atoms with E-state index in [4.69, 9.17) is 27.2 Å². The number of nitrogens with zero attached hydrogens (tertiary/aromatic N) is 7. The van der Waals surface area contributed by atoms with Gasteiger partial charge in [0.15, 0.2) is 17.0 Å². The molecule has 240 valence electrons. The summed E-state index contributed by atoms with van der Waals surface area (Å²) in [4.78, 5) is 32.5. The molecule has 1 unspecified atom stereocenters. The number of fused-ring (bicyclic) bond motifs is 1. The van der Waals surface area contributed by atoms with Gasteiger partial charge < -0.3 is 19.1 Å². The number of halogens is 3. The van der Waals surface area contributed by atoms with Gasteiger partial charge in [0, 0.05) is 69.2 Å². The Hall–Kier alpha value is -3.29. The highest BCUT2D eigenvalue weighted by molar-refractivity contribution is 6.30. The lowest BCUT2D eigenvalue weighted by Crippen LogP contribution is -2.59. The van der Waals surface area contributed by atoms with Crippen molar-refractivity contribution in [3.05, 3.63) is 41.2 Å². The molecular weight excluding hydrogens is 592 g/mol. The minimum Gasteiger partial charge on any atom is -0.444 e. The quantitative estimate of drug-likeness (QED) is 0.251. The Kier molecular flexibility index (Phi) is 8.94. The zero-order valence-corrected chi connectivity index (χ0v) is 26.9. The largest absolute Gasteiger partial charge is 0.444 e. The Labute approximate surface area is 261 Å². The van der Waals surface area contributed by atoms with Crippen molar-refractivity contribution in [3.63, 3.8) is 0 Å². The minimum absolute atomic E-state index is 0.0185. The van der Waals surface area contributed by atoms with Crippen LogP contribution < -0.4 is 16.2 Å². The van der Waals surface area contributed by atoms with Crippen molar-refractivity contribution in [3.8, 4) is 0 Å². The molecule has 44 heavy (non-hydrogen) atoms.